The summed E-state index contributed by atoms with van der Waals surface area (Å²) in [6.45, 7) is 2.31. The third-order valence-corrected chi connectivity index (χ3v) is 9.96. The van der Waals surface area contributed by atoms with Crippen LogP contribution in [0, 0.1) is 17.3 Å². The molecular weight excluding hydrogens is 400 g/mol. The molecule has 4 fully saturated rings. The van der Waals surface area contributed by atoms with E-state index in [2.05, 4.69) is 22.8 Å². The van der Waals surface area contributed by atoms with Crippen molar-refractivity contribution in [3.8, 4) is 0 Å². The lowest BCUT2D eigenvalue weighted by atomic mass is 9.75. The monoisotopic (exact) mass is 452 g/mol. The van der Waals surface area contributed by atoms with E-state index < -0.39 is 0 Å². The summed E-state index contributed by atoms with van der Waals surface area (Å²) in [6.07, 6.45) is 34.3. The van der Waals surface area contributed by atoms with Gasteiger partial charge in [0.05, 0.1) is 0 Å². The van der Waals surface area contributed by atoms with E-state index in [1.165, 1.54) is 128 Å². The Kier molecular flexibility index (Phi) is 8.69. The van der Waals surface area contributed by atoms with Gasteiger partial charge in [0, 0.05) is 30.6 Å². The Morgan fingerprint density at radius 1 is 0.485 bits per heavy atom. The second-order valence-corrected chi connectivity index (χ2v) is 12.5. The Morgan fingerprint density at radius 2 is 0.818 bits per heavy atom. The molecule has 0 atom stereocenters. The predicted molar refractivity (Wildman–Crippen MR) is 142 cm³/mol. The van der Waals surface area contributed by atoms with Gasteiger partial charge in [0.2, 0.25) is 0 Å². The van der Waals surface area contributed by atoms with Crippen molar-refractivity contribution in [2.75, 3.05) is 13.1 Å². The van der Waals surface area contributed by atoms with Gasteiger partial charge in [-0.25, -0.2) is 0 Å². The van der Waals surface area contributed by atoms with Gasteiger partial charge in [-0.15, -0.1) is 0 Å². The highest BCUT2D eigenvalue weighted by molar-refractivity contribution is 5.46. The maximum Gasteiger partial charge on any atom is 0.0323 e. The number of allylic oxidation sites excluding steroid dienone is 2. The van der Waals surface area contributed by atoms with E-state index in [9.17, 15) is 0 Å². The Balaban J connectivity index is 1.37. The van der Waals surface area contributed by atoms with Gasteiger partial charge < -0.3 is 10.6 Å². The summed E-state index contributed by atoms with van der Waals surface area (Å²) in [6, 6.07) is 1.51. The second kappa shape index (κ2) is 11.9. The van der Waals surface area contributed by atoms with Crippen LogP contribution < -0.4 is 10.6 Å². The molecule has 5 rings (SSSR count). The summed E-state index contributed by atoms with van der Waals surface area (Å²) in [7, 11) is 0. The minimum Gasteiger partial charge on any atom is -0.313 e. The lowest BCUT2D eigenvalue weighted by Crippen LogP contribution is -2.46. The van der Waals surface area contributed by atoms with Crippen molar-refractivity contribution in [2.45, 2.75) is 141 Å². The first-order valence-electron chi connectivity index (χ1n) is 15.2. The van der Waals surface area contributed by atoms with Crippen molar-refractivity contribution in [3.63, 3.8) is 0 Å². The van der Waals surface area contributed by atoms with Crippen molar-refractivity contribution >= 4 is 0 Å². The van der Waals surface area contributed by atoms with E-state index in [-0.39, 0.29) is 5.41 Å². The average molecular weight is 453 g/mol. The minimum atomic E-state index is 0.203. The summed E-state index contributed by atoms with van der Waals surface area (Å²) < 4.78 is 0. The van der Waals surface area contributed by atoms with E-state index >= 15 is 0 Å². The van der Waals surface area contributed by atoms with Crippen molar-refractivity contribution in [1.29, 1.82) is 0 Å². The van der Waals surface area contributed by atoms with Gasteiger partial charge in [-0.05, 0) is 74.3 Å². The summed E-state index contributed by atoms with van der Waals surface area (Å²) in [5.74, 6) is 1.69. The molecule has 0 unspecified atom stereocenters. The largest absolute Gasteiger partial charge is 0.313 e. The van der Waals surface area contributed by atoms with Crippen LogP contribution in [0.5, 0.6) is 0 Å². The average Bonchev–Trinajstić information content (AvgIpc) is 3.29. The van der Waals surface area contributed by atoms with Crippen LogP contribution in [0.15, 0.2) is 23.3 Å². The van der Waals surface area contributed by atoms with Gasteiger partial charge in [0.25, 0.3) is 0 Å². The molecule has 0 radical (unpaired) electrons. The summed E-state index contributed by atoms with van der Waals surface area (Å²) >= 11 is 0. The maximum absolute atomic E-state index is 4.11. The van der Waals surface area contributed by atoms with Crippen LogP contribution in [0.4, 0.5) is 0 Å². The summed E-state index contributed by atoms with van der Waals surface area (Å²) in [5, 5.41) is 8.22. The Bertz CT molecular complexity index is 594. The molecule has 4 saturated carbocycles. The van der Waals surface area contributed by atoms with Crippen LogP contribution in [0.3, 0.4) is 0 Å². The molecule has 0 aliphatic heterocycles. The number of hydrogen-bond donors (Lipinski definition) is 2. The molecule has 0 spiro atoms. The predicted octanol–water partition coefficient (Wildman–Crippen LogP) is 7.84. The van der Waals surface area contributed by atoms with E-state index in [1.54, 1.807) is 0 Å². The number of rotatable bonds is 8. The fourth-order valence-corrected chi connectivity index (χ4v) is 7.91. The zero-order valence-corrected chi connectivity index (χ0v) is 21.5. The summed E-state index contributed by atoms with van der Waals surface area (Å²) in [5.41, 5.74) is 3.84. The van der Waals surface area contributed by atoms with Crippen LogP contribution in [0.25, 0.3) is 0 Å². The van der Waals surface area contributed by atoms with E-state index in [0.29, 0.717) is 0 Å². The normalized spacial score (nSPS) is 28.6. The fourth-order valence-electron chi connectivity index (χ4n) is 7.91. The molecule has 0 amide bonds. The number of nitrogens with one attached hydrogen (secondary N) is 2. The maximum atomic E-state index is 4.11. The van der Waals surface area contributed by atoms with Crippen LogP contribution >= 0.6 is 0 Å². The van der Waals surface area contributed by atoms with Gasteiger partial charge >= 0.3 is 0 Å². The smallest absolute Gasteiger partial charge is 0.0323 e. The minimum absolute atomic E-state index is 0.203. The zero-order chi connectivity index (χ0) is 22.3. The molecule has 0 saturated heterocycles. The van der Waals surface area contributed by atoms with Gasteiger partial charge in [0.1, 0.15) is 0 Å². The molecule has 0 aromatic carbocycles. The molecule has 0 bridgehead atoms. The lowest BCUT2D eigenvalue weighted by molar-refractivity contribution is 0.300. The van der Waals surface area contributed by atoms with Crippen LogP contribution in [-0.4, -0.2) is 25.2 Å². The van der Waals surface area contributed by atoms with Crippen LogP contribution in [0.2, 0.25) is 0 Å². The summed E-state index contributed by atoms with van der Waals surface area (Å²) in [4.78, 5) is 0. The molecule has 0 heterocycles. The Labute approximate surface area is 204 Å². The number of hydrogen-bond acceptors (Lipinski definition) is 2. The van der Waals surface area contributed by atoms with E-state index in [1.807, 2.05) is 11.1 Å². The van der Waals surface area contributed by atoms with Crippen molar-refractivity contribution in [2.24, 2.45) is 17.3 Å². The van der Waals surface area contributed by atoms with Crippen molar-refractivity contribution in [1.82, 2.24) is 10.6 Å². The zero-order valence-electron chi connectivity index (χ0n) is 21.5. The third kappa shape index (κ3) is 6.35. The van der Waals surface area contributed by atoms with Gasteiger partial charge in [-0.1, -0.05) is 89.2 Å². The highest BCUT2D eigenvalue weighted by Crippen LogP contribution is 2.47. The quantitative estimate of drug-likeness (QED) is 0.392. The second-order valence-electron chi connectivity index (χ2n) is 12.5. The van der Waals surface area contributed by atoms with Gasteiger partial charge in [-0.2, -0.15) is 0 Å². The fraction of sp³-hybridized carbons (Fsp3) is 0.871. The van der Waals surface area contributed by atoms with Crippen LogP contribution in [-0.2, 0) is 0 Å². The molecular formula is C31H52N2. The first kappa shape index (κ1) is 24.1. The van der Waals surface area contributed by atoms with Gasteiger partial charge in [-0.3, -0.25) is 0 Å². The lowest BCUT2D eigenvalue weighted by Gasteiger charge is -2.33. The highest BCUT2D eigenvalue weighted by atomic mass is 15.0. The van der Waals surface area contributed by atoms with E-state index in [0.717, 1.165) is 37.0 Å². The van der Waals surface area contributed by atoms with E-state index in [4.69, 9.17) is 0 Å². The van der Waals surface area contributed by atoms with Gasteiger partial charge in [0.15, 0.2) is 0 Å². The molecule has 0 aromatic rings. The molecule has 186 valence electrons. The highest BCUT2D eigenvalue weighted by Gasteiger charge is 2.38. The molecule has 5 aliphatic carbocycles. The molecule has 2 nitrogen and oxygen atoms in total. The topological polar surface area (TPSA) is 24.1 Å². The van der Waals surface area contributed by atoms with Crippen molar-refractivity contribution < 1.29 is 0 Å². The van der Waals surface area contributed by atoms with Crippen LogP contribution in [0.1, 0.15) is 128 Å². The molecule has 5 aliphatic rings. The standard InChI is InChI=1S/C31H52N2/c1-5-13-25(14-6-1)29-21-31(23-32-27-17-9-3-10-18-27,24-33-28-19-11-4-12-20-28)22-30(29)26-15-7-2-8-16-26/h21-22,25-28,32-33H,1-20,23-24H2. The SMILES string of the molecule is C1=C(C2CCCCC2)C(C2CCCCC2)=CC1(CNC1CCCCC1)CNC1CCCCC1. The Hall–Kier alpha value is -0.600. The molecule has 0 aromatic heterocycles. The third-order valence-electron chi connectivity index (χ3n) is 9.96. The molecule has 2 N–H and O–H groups in total. The first-order chi connectivity index (χ1) is 16.3. The Morgan fingerprint density at radius 3 is 1.18 bits per heavy atom. The molecule has 2 heteroatoms. The van der Waals surface area contributed by atoms with Crippen molar-refractivity contribution in [3.05, 3.63) is 23.3 Å². The first-order valence-corrected chi connectivity index (χ1v) is 15.2. The molecule has 33 heavy (non-hydrogen) atoms.